The monoisotopic (exact) mass is 535 g/mol. The minimum atomic E-state index is -0.195. The van der Waals surface area contributed by atoms with Crippen molar-refractivity contribution >= 4 is 57.3 Å². The minimum absolute atomic E-state index is 0.0892. The molecule has 1 unspecified atom stereocenters. The molecular weight excluding hydrogens is 517 g/mol. The fourth-order valence-electron chi connectivity index (χ4n) is 3.58. The molecule has 0 saturated carbocycles. The molecule has 0 aliphatic carbocycles. The number of thioether (sulfide) groups is 1. The number of thiazole rings is 1. The van der Waals surface area contributed by atoms with Gasteiger partial charge >= 0.3 is 0 Å². The van der Waals surface area contributed by atoms with Crippen LogP contribution < -0.4 is 5.32 Å². The highest BCUT2D eigenvalue weighted by molar-refractivity contribution is 7.99. The number of carbonyl (C=O) groups excluding carboxylic acids is 1. The van der Waals surface area contributed by atoms with Crippen molar-refractivity contribution in [1.82, 2.24) is 19.7 Å². The number of furan rings is 1. The van der Waals surface area contributed by atoms with E-state index in [1.807, 2.05) is 16.0 Å². The molecule has 4 aromatic rings. The number of aromatic nitrogens is 4. The molecule has 8 nitrogen and oxygen atoms in total. The van der Waals surface area contributed by atoms with Crippen LogP contribution in [-0.2, 0) is 16.1 Å². The second kappa shape index (κ2) is 10.5. The molecule has 1 amide bonds. The molecular formula is C22H19Cl2N5O3S2. The molecule has 1 fully saturated rings. The van der Waals surface area contributed by atoms with Gasteiger partial charge in [-0.1, -0.05) is 35.0 Å². The number of amides is 1. The van der Waals surface area contributed by atoms with Gasteiger partial charge in [0.2, 0.25) is 11.7 Å². The smallest absolute Gasteiger partial charge is 0.236 e. The van der Waals surface area contributed by atoms with Crippen LogP contribution in [0.4, 0.5) is 5.13 Å². The summed E-state index contributed by atoms with van der Waals surface area (Å²) >= 11 is 14.9. The van der Waals surface area contributed by atoms with Crippen LogP contribution in [0.25, 0.3) is 22.8 Å². The van der Waals surface area contributed by atoms with Gasteiger partial charge in [-0.25, -0.2) is 4.98 Å². The van der Waals surface area contributed by atoms with Crippen molar-refractivity contribution in [2.45, 2.75) is 30.6 Å². The van der Waals surface area contributed by atoms with Crippen LogP contribution in [-0.4, -0.2) is 44.1 Å². The summed E-state index contributed by atoms with van der Waals surface area (Å²) in [4.78, 5) is 17.1. The van der Waals surface area contributed by atoms with Crippen LogP contribution in [0.1, 0.15) is 12.8 Å². The van der Waals surface area contributed by atoms with Crippen molar-refractivity contribution < 1.29 is 13.9 Å². The maximum Gasteiger partial charge on any atom is 0.236 e. The molecule has 1 N–H and O–H groups in total. The number of nitrogens with zero attached hydrogens (tertiary/aromatic N) is 4. The maximum absolute atomic E-state index is 12.6. The molecule has 0 radical (unpaired) electrons. The molecule has 1 aliphatic heterocycles. The largest absolute Gasteiger partial charge is 0.461 e. The lowest BCUT2D eigenvalue weighted by Crippen LogP contribution is -2.18. The summed E-state index contributed by atoms with van der Waals surface area (Å²) in [6.45, 7) is 1.36. The molecule has 5 rings (SSSR count). The highest BCUT2D eigenvalue weighted by Crippen LogP contribution is 2.32. The van der Waals surface area contributed by atoms with Crippen LogP contribution in [0.5, 0.6) is 0 Å². The van der Waals surface area contributed by atoms with Crippen LogP contribution in [0.3, 0.4) is 0 Å². The van der Waals surface area contributed by atoms with E-state index in [0.29, 0.717) is 44.2 Å². The molecule has 176 valence electrons. The highest BCUT2D eigenvalue weighted by Gasteiger charge is 2.23. The van der Waals surface area contributed by atoms with E-state index in [4.69, 9.17) is 32.4 Å². The van der Waals surface area contributed by atoms with Gasteiger partial charge in [-0.15, -0.1) is 21.5 Å². The summed E-state index contributed by atoms with van der Waals surface area (Å²) < 4.78 is 13.3. The molecule has 0 bridgehead atoms. The quantitative estimate of drug-likeness (QED) is 0.281. The second-order valence-electron chi connectivity index (χ2n) is 7.53. The third-order valence-corrected chi connectivity index (χ3v) is 7.43. The van der Waals surface area contributed by atoms with E-state index in [9.17, 15) is 4.79 Å². The molecule has 1 aromatic carbocycles. The Bertz CT molecular complexity index is 1290. The Morgan fingerprint density at radius 3 is 2.97 bits per heavy atom. The SMILES string of the molecule is O=C(CSc1nnc(-c2ccco2)n1CC1CCCO1)Nc1nc(-c2ccc(Cl)cc2Cl)cs1. The summed E-state index contributed by atoms with van der Waals surface area (Å²) in [5.41, 5.74) is 1.43. The average molecular weight is 536 g/mol. The molecule has 34 heavy (non-hydrogen) atoms. The van der Waals surface area contributed by atoms with Gasteiger partial charge in [0.05, 0.1) is 35.4 Å². The predicted octanol–water partition coefficient (Wildman–Crippen LogP) is 5.88. The Labute approximate surface area is 213 Å². The number of nitrogens with one attached hydrogen (secondary N) is 1. The third-order valence-electron chi connectivity index (χ3n) is 5.16. The van der Waals surface area contributed by atoms with Crippen molar-refractivity contribution in [3.05, 3.63) is 52.0 Å². The van der Waals surface area contributed by atoms with Gasteiger partial charge in [0.25, 0.3) is 0 Å². The van der Waals surface area contributed by atoms with Gasteiger partial charge in [-0.2, -0.15) is 0 Å². The fraction of sp³-hybridized carbons (Fsp3) is 0.273. The van der Waals surface area contributed by atoms with E-state index < -0.39 is 0 Å². The van der Waals surface area contributed by atoms with Crippen LogP contribution in [0, 0.1) is 0 Å². The maximum atomic E-state index is 12.6. The topological polar surface area (TPSA) is 95.1 Å². The van der Waals surface area contributed by atoms with Gasteiger partial charge in [-0.05, 0) is 43.2 Å². The van der Waals surface area contributed by atoms with Gasteiger partial charge in [0, 0.05) is 22.6 Å². The normalized spacial score (nSPS) is 15.6. The van der Waals surface area contributed by atoms with Crippen molar-refractivity contribution in [3.8, 4) is 22.8 Å². The van der Waals surface area contributed by atoms with E-state index >= 15 is 0 Å². The zero-order valence-corrected chi connectivity index (χ0v) is 20.9. The number of halogens is 2. The van der Waals surface area contributed by atoms with E-state index in [-0.39, 0.29) is 17.8 Å². The number of benzene rings is 1. The first-order chi connectivity index (χ1) is 16.6. The standard InChI is InChI=1S/C22H19Cl2N5O3S2/c23-13-5-6-15(16(24)9-13)17-11-33-21(25-17)26-19(30)12-34-22-28-27-20(18-4-2-8-32-18)29(22)10-14-3-1-7-31-14/h2,4-6,8-9,11,14H,1,3,7,10,12H2,(H,25,26,30). The van der Waals surface area contributed by atoms with Gasteiger partial charge in [0.1, 0.15) is 0 Å². The Kier molecular flexibility index (Phi) is 7.21. The van der Waals surface area contributed by atoms with Crippen LogP contribution >= 0.6 is 46.3 Å². The molecule has 4 heterocycles. The van der Waals surface area contributed by atoms with Crippen molar-refractivity contribution in [3.63, 3.8) is 0 Å². The lowest BCUT2D eigenvalue weighted by Gasteiger charge is -2.13. The minimum Gasteiger partial charge on any atom is -0.461 e. The van der Waals surface area contributed by atoms with Gasteiger partial charge < -0.3 is 14.5 Å². The second-order valence-corrected chi connectivity index (χ2v) is 10.2. The predicted molar refractivity (Wildman–Crippen MR) is 134 cm³/mol. The first kappa shape index (κ1) is 23.4. The Balaban J connectivity index is 1.25. The molecule has 1 atom stereocenters. The van der Waals surface area contributed by atoms with Crippen molar-refractivity contribution in [1.29, 1.82) is 0 Å². The van der Waals surface area contributed by atoms with Crippen LogP contribution in [0.2, 0.25) is 10.0 Å². The zero-order chi connectivity index (χ0) is 23.5. The van der Waals surface area contributed by atoms with Gasteiger partial charge in [0.15, 0.2) is 16.0 Å². The Hall–Kier alpha value is -2.37. The lowest BCUT2D eigenvalue weighted by molar-refractivity contribution is -0.113. The Morgan fingerprint density at radius 1 is 1.29 bits per heavy atom. The summed E-state index contributed by atoms with van der Waals surface area (Å²) in [6.07, 6.45) is 3.70. The van der Waals surface area contributed by atoms with E-state index in [1.165, 1.54) is 23.1 Å². The number of anilines is 1. The summed E-state index contributed by atoms with van der Waals surface area (Å²) in [5.74, 6) is 1.20. The number of hydrogen-bond donors (Lipinski definition) is 1. The first-order valence-corrected chi connectivity index (χ1v) is 13.1. The summed E-state index contributed by atoms with van der Waals surface area (Å²) in [5, 5.41) is 15.4. The zero-order valence-electron chi connectivity index (χ0n) is 17.7. The molecule has 1 aliphatic rings. The van der Waals surface area contributed by atoms with E-state index in [0.717, 1.165) is 25.0 Å². The molecule has 0 spiro atoms. The van der Waals surface area contributed by atoms with Crippen LogP contribution in [0.15, 0.2) is 51.5 Å². The first-order valence-electron chi connectivity index (χ1n) is 10.5. The average Bonchev–Trinajstić information content (AvgIpc) is 3.61. The van der Waals surface area contributed by atoms with E-state index in [1.54, 1.807) is 30.5 Å². The third kappa shape index (κ3) is 5.31. The summed E-state index contributed by atoms with van der Waals surface area (Å²) in [7, 11) is 0. The van der Waals surface area contributed by atoms with Gasteiger partial charge in [-0.3, -0.25) is 9.36 Å². The van der Waals surface area contributed by atoms with Crippen molar-refractivity contribution in [2.24, 2.45) is 0 Å². The summed E-state index contributed by atoms with van der Waals surface area (Å²) in [6, 6.07) is 8.86. The molecule has 1 saturated heterocycles. The number of carbonyl (C=O) groups is 1. The Morgan fingerprint density at radius 2 is 2.21 bits per heavy atom. The number of rotatable bonds is 8. The molecule has 3 aromatic heterocycles. The van der Waals surface area contributed by atoms with Crippen molar-refractivity contribution in [2.75, 3.05) is 17.7 Å². The van der Waals surface area contributed by atoms with E-state index in [2.05, 4.69) is 20.5 Å². The number of ether oxygens (including phenoxy) is 1. The number of hydrogen-bond acceptors (Lipinski definition) is 8. The molecule has 12 heteroatoms. The lowest BCUT2D eigenvalue weighted by atomic mass is 10.2. The highest BCUT2D eigenvalue weighted by atomic mass is 35.5. The fourth-order valence-corrected chi connectivity index (χ4v) is 5.56.